The Hall–Kier alpha value is -3.16. The molecule has 0 bridgehead atoms. The van der Waals surface area contributed by atoms with Crippen LogP contribution < -0.4 is 0 Å². The highest BCUT2D eigenvalue weighted by atomic mass is 19.4. The standard InChI is InChI=1S/C29H31F3N4/c30-29(31,32)28(13-11-26(12-14-28)25-9-5-2-6-10-25)22-36-23-33-19-27(36)21-35-17-15-34(16-18-35)20-24-7-3-1-4-8-24/h1-13,19,23H,14-18,20-22H2. The van der Waals surface area contributed by atoms with Crippen LogP contribution in [0.25, 0.3) is 5.57 Å². The summed E-state index contributed by atoms with van der Waals surface area (Å²) in [6, 6.07) is 20.0. The predicted molar refractivity (Wildman–Crippen MR) is 136 cm³/mol. The SMILES string of the molecule is FC(F)(F)C1(Cn2cncc2CN2CCN(Cc3ccccc3)CC2)C=CC(c2ccccc2)=CC1. The molecule has 2 aliphatic rings. The molecule has 7 heteroatoms. The average Bonchev–Trinajstić information content (AvgIpc) is 3.32. The third kappa shape index (κ3) is 5.47. The molecule has 0 N–H and O–H groups in total. The summed E-state index contributed by atoms with van der Waals surface area (Å²) in [6.45, 7) is 4.98. The minimum Gasteiger partial charge on any atom is -0.332 e. The molecule has 2 heterocycles. The van der Waals surface area contributed by atoms with Crippen molar-refractivity contribution in [2.75, 3.05) is 26.2 Å². The van der Waals surface area contributed by atoms with E-state index >= 15 is 0 Å². The van der Waals surface area contributed by atoms with Crippen LogP contribution in [0.15, 0.2) is 91.4 Å². The van der Waals surface area contributed by atoms with Crippen molar-refractivity contribution in [3.63, 3.8) is 0 Å². The van der Waals surface area contributed by atoms with Crippen LogP contribution in [0.5, 0.6) is 0 Å². The summed E-state index contributed by atoms with van der Waals surface area (Å²) in [5.41, 5.74) is 1.93. The van der Waals surface area contributed by atoms with Gasteiger partial charge in [-0.05, 0) is 23.1 Å². The van der Waals surface area contributed by atoms with E-state index in [1.54, 1.807) is 29.2 Å². The van der Waals surface area contributed by atoms with Crippen LogP contribution in [0.1, 0.15) is 23.2 Å². The van der Waals surface area contributed by atoms with Gasteiger partial charge in [0.1, 0.15) is 5.41 Å². The first kappa shape index (κ1) is 24.5. The van der Waals surface area contributed by atoms with Crippen LogP contribution >= 0.6 is 0 Å². The second-order valence-electron chi connectivity index (χ2n) is 9.77. The summed E-state index contributed by atoms with van der Waals surface area (Å²) < 4.78 is 44.9. The summed E-state index contributed by atoms with van der Waals surface area (Å²) in [7, 11) is 0. The molecule has 4 nitrogen and oxygen atoms in total. The molecule has 2 aromatic carbocycles. The fraction of sp³-hybridized carbons (Fsp3) is 0.345. The minimum atomic E-state index is -4.37. The lowest BCUT2D eigenvalue weighted by Crippen LogP contribution is -2.46. The first-order valence-electron chi connectivity index (χ1n) is 12.4. The van der Waals surface area contributed by atoms with Crippen molar-refractivity contribution in [2.24, 2.45) is 5.41 Å². The van der Waals surface area contributed by atoms with Crippen molar-refractivity contribution in [1.29, 1.82) is 0 Å². The maximum absolute atomic E-state index is 14.4. The van der Waals surface area contributed by atoms with Gasteiger partial charge in [-0.25, -0.2) is 4.98 Å². The third-order valence-corrected chi connectivity index (χ3v) is 7.29. The molecular formula is C29H31F3N4. The minimum absolute atomic E-state index is 0.0903. The fourth-order valence-electron chi connectivity index (χ4n) is 5.04. The molecule has 1 aliphatic carbocycles. The summed E-state index contributed by atoms with van der Waals surface area (Å²) in [5, 5.41) is 0. The van der Waals surface area contributed by atoms with Crippen LogP contribution in [0.3, 0.4) is 0 Å². The first-order valence-corrected chi connectivity index (χ1v) is 12.4. The Kier molecular flexibility index (Phi) is 7.12. The van der Waals surface area contributed by atoms with E-state index in [1.165, 1.54) is 11.6 Å². The summed E-state index contributed by atoms with van der Waals surface area (Å²) >= 11 is 0. The van der Waals surface area contributed by atoms with Gasteiger partial charge in [0.05, 0.1) is 12.0 Å². The highest BCUT2D eigenvalue weighted by molar-refractivity contribution is 5.75. The highest BCUT2D eigenvalue weighted by Gasteiger charge is 2.53. The highest BCUT2D eigenvalue weighted by Crippen LogP contribution is 2.47. The smallest absolute Gasteiger partial charge is 0.332 e. The summed E-state index contributed by atoms with van der Waals surface area (Å²) in [5.74, 6) is 0. The second kappa shape index (κ2) is 10.4. The molecule has 0 radical (unpaired) electrons. The van der Waals surface area contributed by atoms with E-state index in [1.807, 2.05) is 36.4 Å². The van der Waals surface area contributed by atoms with E-state index in [2.05, 4.69) is 39.0 Å². The number of imidazole rings is 1. The van der Waals surface area contributed by atoms with Crippen LogP contribution in [0.4, 0.5) is 13.2 Å². The Morgan fingerprint density at radius 1 is 0.833 bits per heavy atom. The number of alkyl halides is 3. The topological polar surface area (TPSA) is 24.3 Å². The number of benzene rings is 2. The molecule has 1 unspecified atom stereocenters. The molecule has 188 valence electrons. The molecule has 0 spiro atoms. The maximum atomic E-state index is 14.4. The van der Waals surface area contributed by atoms with E-state index in [0.29, 0.717) is 6.54 Å². The van der Waals surface area contributed by atoms with Gasteiger partial charge in [-0.3, -0.25) is 9.80 Å². The molecular weight excluding hydrogens is 461 g/mol. The third-order valence-electron chi connectivity index (χ3n) is 7.29. The Balaban J connectivity index is 1.23. The molecule has 1 aliphatic heterocycles. The van der Waals surface area contributed by atoms with Crippen LogP contribution in [0, 0.1) is 5.41 Å². The van der Waals surface area contributed by atoms with Crippen LogP contribution in [-0.2, 0) is 19.6 Å². The number of nitrogens with zero attached hydrogens (tertiary/aromatic N) is 4. The molecule has 1 fully saturated rings. The van der Waals surface area contributed by atoms with Gasteiger partial charge in [-0.2, -0.15) is 13.2 Å². The number of hydrogen-bond acceptors (Lipinski definition) is 3. The molecule has 1 saturated heterocycles. The molecule has 1 aromatic heterocycles. The Bertz CT molecular complexity index is 1190. The largest absolute Gasteiger partial charge is 0.399 e. The molecule has 5 rings (SSSR count). The van der Waals surface area contributed by atoms with Crippen molar-refractivity contribution >= 4 is 5.57 Å². The molecule has 0 amide bonds. The fourth-order valence-corrected chi connectivity index (χ4v) is 5.04. The van der Waals surface area contributed by atoms with Crippen molar-refractivity contribution in [2.45, 2.75) is 32.2 Å². The number of halogens is 3. The number of hydrogen-bond donors (Lipinski definition) is 0. The zero-order chi connectivity index (χ0) is 25.0. The van der Waals surface area contributed by atoms with Crippen LogP contribution in [-0.4, -0.2) is 51.7 Å². The van der Waals surface area contributed by atoms with Gasteiger partial charge in [0.15, 0.2) is 0 Å². The van der Waals surface area contributed by atoms with Crippen molar-refractivity contribution in [1.82, 2.24) is 19.4 Å². The average molecular weight is 493 g/mol. The van der Waals surface area contributed by atoms with Crippen molar-refractivity contribution < 1.29 is 13.2 Å². The van der Waals surface area contributed by atoms with Gasteiger partial charge < -0.3 is 4.57 Å². The van der Waals surface area contributed by atoms with Crippen molar-refractivity contribution in [3.05, 3.63) is 108 Å². The van der Waals surface area contributed by atoms with E-state index in [-0.39, 0.29) is 13.0 Å². The van der Waals surface area contributed by atoms with Gasteiger partial charge in [-0.15, -0.1) is 0 Å². The first-order chi connectivity index (χ1) is 17.4. The number of allylic oxidation sites excluding steroid dienone is 4. The monoisotopic (exact) mass is 492 g/mol. The van der Waals surface area contributed by atoms with E-state index in [9.17, 15) is 13.2 Å². The molecule has 0 saturated carbocycles. The van der Waals surface area contributed by atoms with Gasteiger partial charge in [0.2, 0.25) is 0 Å². The van der Waals surface area contributed by atoms with E-state index in [4.69, 9.17) is 0 Å². The number of aromatic nitrogens is 2. The predicted octanol–water partition coefficient (Wildman–Crippen LogP) is 5.79. The Morgan fingerprint density at radius 3 is 2.08 bits per heavy atom. The van der Waals surface area contributed by atoms with Gasteiger partial charge in [0, 0.05) is 52.0 Å². The lowest BCUT2D eigenvalue weighted by atomic mass is 9.78. The molecule has 3 aromatic rings. The van der Waals surface area contributed by atoms with Crippen LogP contribution in [0.2, 0.25) is 0 Å². The van der Waals surface area contributed by atoms with Crippen molar-refractivity contribution in [3.8, 4) is 0 Å². The normalized spacial score (nSPS) is 21.5. The Labute approximate surface area is 210 Å². The second-order valence-corrected chi connectivity index (χ2v) is 9.77. The number of rotatable bonds is 7. The number of piperazine rings is 1. The summed E-state index contributed by atoms with van der Waals surface area (Å²) in [6.07, 6.45) is 3.47. The quantitative estimate of drug-likeness (QED) is 0.417. The maximum Gasteiger partial charge on any atom is 0.399 e. The van der Waals surface area contributed by atoms with E-state index in [0.717, 1.165) is 49.6 Å². The molecule has 1 atom stereocenters. The molecule has 36 heavy (non-hydrogen) atoms. The zero-order valence-electron chi connectivity index (χ0n) is 20.2. The zero-order valence-corrected chi connectivity index (χ0v) is 20.2. The summed E-state index contributed by atoms with van der Waals surface area (Å²) in [4.78, 5) is 8.95. The van der Waals surface area contributed by atoms with Gasteiger partial charge >= 0.3 is 6.18 Å². The lowest BCUT2D eigenvalue weighted by molar-refractivity contribution is -0.209. The Morgan fingerprint density at radius 2 is 1.47 bits per heavy atom. The van der Waals surface area contributed by atoms with Gasteiger partial charge in [0.25, 0.3) is 0 Å². The van der Waals surface area contributed by atoms with E-state index < -0.39 is 11.6 Å². The lowest BCUT2D eigenvalue weighted by Gasteiger charge is -2.36. The van der Waals surface area contributed by atoms with Gasteiger partial charge in [-0.1, -0.05) is 78.9 Å².